The molecule has 0 aliphatic rings. The summed E-state index contributed by atoms with van der Waals surface area (Å²) in [5.74, 6) is 0.888. The molecular formula is C12H14N4. The van der Waals surface area contributed by atoms with Crippen LogP contribution in [0.4, 0.5) is 5.69 Å². The van der Waals surface area contributed by atoms with Crippen LogP contribution < -0.4 is 5.32 Å². The predicted octanol–water partition coefficient (Wildman–Crippen LogP) is 2.35. The van der Waals surface area contributed by atoms with Crippen LogP contribution in [0.3, 0.4) is 0 Å². The van der Waals surface area contributed by atoms with Gasteiger partial charge in [0.2, 0.25) is 0 Å². The summed E-state index contributed by atoms with van der Waals surface area (Å²) < 4.78 is 0. The largest absolute Gasteiger partial charge is 0.377 e. The van der Waals surface area contributed by atoms with E-state index in [4.69, 9.17) is 0 Å². The third-order valence-corrected chi connectivity index (χ3v) is 2.30. The molecule has 0 saturated carbocycles. The maximum atomic E-state index is 4.42. The lowest BCUT2D eigenvalue weighted by atomic mass is 10.1. The number of hydrogen-bond acceptors (Lipinski definition) is 2. The van der Waals surface area contributed by atoms with E-state index in [1.165, 1.54) is 0 Å². The average Bonchev–Trinajstić information content (AvgIpc) is 2.83. The highest BCUT2D eigenvalue weighted by atomic mass is 15.0. The summed E-state index contributed by atoms with van der Waals surface area (Å²) in [5, 5.41) is 3.00. The van der Waals surface area contributed by atoms with Gasteiger partial charge in [0.15, 0.2) is 0 Å². The van der Waals surface area contributed by atoms with Gasteiger partial charge in [0.05, 0.1) is 23.5 Å². The Morgan fingerprint density at radius 1 is 1.44 bits per heavy atom. The first-order valence-electron chi connectivity index (χ1n) is 5.12. The summed E-state index contributed by atoms with van der Waals surface area (Å²) in [6.07, 6.45) is 3.54. The SMILES string of the molecule is CN/C(C)=N/c1cccc(-c2c[nH]cn2)c1. The molecule has 0 fully saturated rings. The van der Waals surface area contributed by atoms with Crippen molar-refractivity contribution in [1.82, 2.24) is 15.3 Å². The molecule has 0 aliphatic heterocycles. The molecule has 1 aromatic carbocycles. The van der Waals surface area contributed by atoms with Crippen LogP contribution in [0.5, 0.6) is 0 Å². The number of hydrogen-bond donors (Lipinski definition) is 2. The molecule has 0 spiro atoms. The van der Waals surface area contributed by atoms with Crippen LogP contribution >= 0.6 is 0 Å². The molecule has 0 unspecified atom stereocenters. The molecule has 16 heavy (non-hydrogen) atoms. The monoisotopic (exact) mass is 214 g/mol. The molecule has 2 rings (SSSR count). The molecule has 4 nitrogen and oxygen atoms in total. The number of nitrogens with zero attached hydrogens (tertiary/aromatic N) is 2. The lowest BCUT2D eigenvalue weighted by Crippen LogP contribution is -2.12. The summed E-state index contributed by atoms with van der Waals surface area (Å²) in [4.78, 5) is 11.6. The lowest BCUT2D eigenvalue weighted by molar-refractivity contribution is 1.15. The van der Waals surface area contributed by atoms with Gasteiger partial charge in [0.1, 0.15) is 0 Å². The summed E-state index contributed by atoms with van der Waals surface area (Å²) >= 11 is 0. The number of nitrogens with one attached hydrogen (secondary N) is 2. The van der Waals surface area contributed by atoms with Crippen molar-refractivity contribution in [3.05, 3.63) is 36.8 Å². The van der Waals surface area contributed by atoms with Gasteiger partial charge >= 0.3 is 0 Å². The first-order valence-corrected chi connectivity index (χ1v) is 5.12. The van der Waals surface area contributed by atoms with Crippen molar-refractivity contribution in [1.29, 1.82) is 0 Å². The van der Waals surface area contributed by atoms with Gasteiger partial charge in [0, 0.05) is 18.8 Å². The quantitative estimate of drug-likeness (QED) is 0.595. The predicted molar refractivity (Wildman–Crippen MR) is 65.9 cm³/mol. The Labute approximate surface area is 94.5 Å². The van der Waals surface area contributed by atoms with Crippen LogP contribution in [0, 0.1) is 0 Å². The molecule has 2 N–H and O–H groups in total. The number of benzene rings is 1. The van der Waals surface area contributed by atoms with Crippen molar-refractivity contribution in [3.8, 4) is 11.3 Å². The van der Waals surface area contributed by atoms with Crippen LogP contribution in [-0.2, 0) is 0 Å². The van der Waals surface area contributed by atoms with Gasteiger partial charge < -0.3 is 10.3 Å². The van der Waals surface area contributed by atoms with Crippen LogP contribution in [-0.4, -0.2) is 22.9 Å². The molecule has 1 aromatic heterocycles. The zero-order chi connectivity index (χ0) is 11.4. The fourth-order valence-corrected chi connectivity index (χ4v) is 1.40. The summed E-state index contributed by atoms with van der Waals surface area (Å²) in [6.45, 7) is 1.93. The van der Waals surface area contributed by atoms with Crippen LogP contribution in [0.2, 0.25) is 0 Å². The first kappa shape index (κ1) is 10.4. The Bertz CT molecular complexity index is 485. The van der Waals surface area contributed by atoms with Crippen molar-refractivity contribution in [2.24, 2.45) is 4.99 Å². The molecule has 4 heteroatoms. The van der Waals surface area contributed by atoms with E-state index in [0.717, 1.165) is 22.8 Å². The normalized spacial score (nSPS) is 11.5. The smallest absolute Gasteiger partial charge is 0.0988 e. The Balaban J connectivity index is 2.34. The minimum Gasteiger partial charge on any atom is -0.377 e. The first-order chi connectivity index (χ1) is 7.79. The van der Waals surface area contributed by atoms with Crippen molar-refractivity contribution in [2.75, 3.05) is 7.05 Å². The van der Waals surface area contributed by atoms with Gasteiger partial charge in [0.25, 0.3) is 0 Å². The number of H-pyrrole nitrogens is 1. The van der Waals surface area contributed by atoms with Crippen molar-refractivity contribution < 1.29 is 0 Å². The van der Waals surface area contributed by atoms with E-state index in [-0.39, 0.29) is 0 Å². The highest BCUT2D eigenvalue weighted by molar-refractivity contribution is 5.82. The third kappa shape index (κ3) is 2.28. The van der Waals surface area contributed by atoms with E-state index in [2.05, 4.69) is 20.3 Å². The van der Waals surface area contributed by atoms with E-state index in [9.17, 15) is 0 Å². The molecule has 0 atom stereocenters. The van der Waals surface area contributed by atoms with Crippen molar-refractivity contribution >= 4 is 11.5 Å². The molecular weight excluding hydrogens is 200 g/mol. The summed E-state index contributed by atoms with van der Waals surface area (Å²) in [5.41, 5.74) is 2.91. The zero-order valence-electron chi connectivity index (χ0n) is 9.36. The molecule has 82 valence electrons. The Morgan fingerprint density at radius 3 is 3.00 bits per heavy atom. The molecule has 0 radical (unpaired) electrons. The number of aromatic amines is 1. The fraction of sp³-hybridized carbons (Fsp3) is 0.167. The van der Waals surface area contributed by atoms with Crippen LogP contribution in [0.1, 0.15) is 6.92 Å². The second-order valence-electron chi connectivity index (χ2n) is 3.45. The number of aromatic nitrogens is 2. The second-order valence-corrected chi connectivity index (χ2v) is 3.45. The standard InChI is InChI=1S/C12H14N4/c1-9(13-2)16-11-5-3-4-10(6-11)12-7-14-8-15-12/h3-8H,1-2H3,(H,13,16)(H,14,15). The lowest BCUT2D eigenvalue weighted by Gasteiger charge is -2.01. The van der Waals surface area contributed by atoms with E-state index in [1.54, 1.807) is 6.33 Å². The van der Waals surface area contributed by atoms with Gasteiger partial charge in [-0.25, -0.2) is 9.98 Å². The minimum absolute atomic E-state index is 0.888. The Kier molecular flexibility index (Phi) is 3.00. The highest BCUT2D eigenvalue weighted by Gasteiger charge is 2.00. The van der Waals surface area contributed by atoms with Gasteiger partial charge in [-0.1, -0.05) is 12.1 Å². The fourth-order valence-electron chi connectivity index (χ4n) is 1.40. The second kappa shape index (κ2) is 4.61. The van der Waals surface area contributed by atoms with Gasteiger partial charge in [-0.3, -0.25) is 0 Å². The van der Waals surface area contributed by atoms with Crippen LogP contribution in [0.15, 0.2) is 41.8 Å². The maximum absolute atomic E-state index is 4.42. The highest BCUT2D eigenvalue weighted by Crippen LogP contribution is 2.21. The maximum Gasteiger partial charge on any atom is 0.0988 e. The van der Waals surface area contributed by atoms with Crippen molar-refractivity contribution in [3.63, 3.8) is 0 Å². The molecule has 0 aliphatic carbocycles. The number of imidazole rings is 1. The number of aliphatic imine (C=N–C) groups is 1. The summed E-state index contributed by atoms with van der Waals surface area (Å²) in [6, 6.07) is 7.98. The van der Waals surface area contributed by atoms with E-state index in [1.807, 2.05) is 44.4 Å². The average molecular weight is 214 g/mol. The molecule has 0 bridgehead atoms. The van der Waals surface area contributed by atoms with Gasteiger partial charge in [-0.05, 0) is 19.1 Å². The topological polar surface area (TPSA) is 53.1 Å². The van der Waals surface area contributed by atoms with E-state index >= 15 is 0 Å². The van der Waals surface area contributed by atoms with E-state index < -0.39 is 0 Å². The summed E-state index contributed by atoms with van der Waals surface area (Å²) in [7, 11) is 1.86. The Morgan fingerprint density at radius 2 is 2.31 bits per heavy atom. The molecule has 2 aromatic rings. The van der Waals surface area contributed by atoms with Gasteiger partial charge in [-0.2, -0.15) is 0 Å². The number of rotatable bonds is 2. The molecule has 0 saturated heterocycles. The van der Waals surface area contributed by atoms with Gasteiger partial charge in [-0.15, -0.1) is 0 Å². The number of amidine groups is 1. The van der Waals surface area contributed by atoms with E-state index in [0.29, 0.717) is 0 Å². The van der Waals surface area contributed by atoms with Crippen molar-refractivity contribution in [2.45, 2.75) is 6.92 Å². The third-order valence-electron chi connectivity index (χ3n) is 2.30. The molecule has 1 heterocycles. The zero-order valence-corrected chi connectivity index (χ0v) is 9.36. The Hall–Kier alpha value is -2.10. The van der Waals surface area contributed by atoms with Crippen LogP contribution in [0.25, 0.3) is 11.3 Å². The minimum atomic E-state index is 0.888. The molecule has 0 amide bonds.